The van der Waals surface area contributed by atoms with E-state index in [9.17, 15) is 4.79 Å². The first-order chi connectivity index (χ1) is 13.7. The van der Waals surface area contributed by atoms with Crippen molar-refractivity contribution in [3.05, 3.63) is 62.9 Å². The Kier molecular flexibility index (Phi) is 5.66. The van der Waals surface area contributed by atoms with E-state index in [0.29, 0.717) is 30.3 Å². The van der Waals surface area contributed by atoms with Crippen LogP contribution in [0.2, 0.25) is 4.34 Å². The molecule has 0 aliphatic carbocycles. The van der Waals surface area contributed by atoms with Crippen LogP contribution in [0.5, 0.6) is 5.75 Å². The third-order valence-electron chi connectivity index (χ3n) is 4.59. The van der Waals surface area contributed by atoms with Gasteiger partial charge in [-0.15, -0.1) is 11.3 Å². The number of nitrogens with one attached hydrogen (secondary N) is 1. The van der Waals surface area contributed by atoms with Crippen LogP contribution >= 0.6 is 22.9 Å². The summed E-state index contributed by atoms with van der Waals surface area (Å²) in [7, 11) is 1.55. The van der Waals surface area contributed by atoms with Crippen LogP contribution in [0, 0.1) is 0 Å². The molecule has 2 aromatic heterocycles. The van der Waals surface area contributed by atoms with Crippen molar-refractivity contribution in [2.75, 3.05) is 19.0 Å². The van der Waals surface area contributed by atoms with Crippen molar-refractivity contribution in [3.8, 4) is 5.75 Å². The van der Waals surface area contributed by atoms with E-state index in [4.69, 9.17) is 21.1 Å². The average molecular weight is 418 g/mol. The first kappa shape index (κ1) is 19.0. The molecule has 1 aliphatic rings. The predicted octanol–water partition coefficient (Wildman–Crippen LogP) is 4.76. The Morgan fingerprint density at radius 2 is 2.25 bits per heavy atom. The van der Waals surface area contributed by atoms with Crippen LogP contribution in [0.15, 0.2) is 42.5 Å². The molecule has 0 radical (unpaired) electrons. The summed E-state index contributed by atoms with van der Waals surface area (Å²) >= 11 is 7.52. The molecule has 0 saturated carbocycles. The number of carbonyl (C=O) groups is 1. The fourth-order valence-corrected chi connectivity index (χ4v) is 4.24. The Labute approximate surface area is 172 Å². The molecule has 1 aliphatic heterocycles. The lowest BCUT2D eigenvalue weighted by Gasteiger charge is -2.10. The van der Waals surface area contributed by atoms with Gasteiger partial charge in [-0.3, -0.25) is 4.79 Å². The molecule has 0 amide bonds. The maximum absolute atomic E-state index is 13.2. The van der Waals surface area contributed by atoms with E-state index in [1.165, 1.54) is 16.0 Å². The standard InChI is InChI=1S/C20H20ClN3O3S/c1-26-16-6-3-2-5-14(16)20(25)24-19(22-12-13-8-9-18(21)28-13)11-15(23-24)17-7-4-10-27-17/h2-3,5-6,8-9,11,17,22H,4,7,10,12H2,1H3. The van der Waals surface area contributed by atoms with E-state index < -0.39 is 0 Å². The van der Waals surface area contributed by atoms with Gasteiger partial charge in [0, 0.05) is 17.6 Å². The summed E-state index contributed by atoms with van der Waals surface area (Å²) in [5.74, 6) is 0.872. The maximum Gasteiger partial charge on any atom is 0.283 e. The van der Waals surface area contributed by atoms with Crippen LogP contribution in [0.4, 0.5) is 5.82 Å². The van der Waals surface area contributed by atoms with Crippen LogP contribution in [0.25, 0.3) is 0 Å². The zero-order valence-electron chi connectivity index (χ0n) is 15.4. The second-order valence-corrected chi connectivity index (χ2v) is 8.23. The molecule has 3 heterocycles. The number of hydrogen-bond donors (Lipinski definition) is 1. The number of anilines is 1. The zero-order valence-corrected chi connectivity index (χ0v) is 16.9. The molecule has 28 heavy (non-hydrogen) atoms. The average Bonchev–Trinajstić information content (AvgIpc) is 3.46. The molecule has 1 fully saturated rings. The Bertz CT molecular complexity index is 979. The molecule has 146 valence electrons. The molecule has 1 atom stereocenters. The fourth-order valence-electron chi connectivity index (χ4n) is 3.21. The highest BCUT2D eigenvalue weighted by Crippen LogP contribution is 2.31. The van der Waals surface area contributed by atoms with Gasteiger partial charge in [0.1, 0.15) is 17.7 Å². The molecule has 6 nitrogen and oxygen atoms in total. The molecule has 1 N–H and O–H groups in total. The Morgan fingerprint density at radius 1 is 1.39 bits per heavy atom. The summed E-state index contributed by atoms with van der Waals surface area (Å²) in [5, 5.41) is 7.87. The van der Waals surface area contributed by atoms with Gasteiger partial charge in [-0.05, 0) is 37.1 Å². The molecule has 1 saturated heterocycles. The molecule has 3 aromatic rings. The number of rotatable bonds is 6. The number of para-hydroxylation sites is 1. The van der Waals surface area contributed by atoms with Crippen molar-refractivity contribution in [1.29, 1.82) is 0 Å². The normalized spacial score (nSPS) is 16.3. The van der Waals surface area contributed by atoms with Gasteiger partial charge in [0.2, 0.25) is 0 Å². The van der Waals surface area contributed by atoms with Gasteiger partial charge in [0.15, 0.2) is 0 Å². The predicted molar refractivity (Wildman–Crippen MR) is 110 cm³/mol. The van der Waals surface area contributed by atoms with Gasteiger partial charge in [-0.2, -0.15) is 9.78 Å². The molecule has 0 spiro atoms. The fraction of sp³-hybridized carbons (Fsp3) is 0.300. The number of carbonyl (C=O) groups excluding carboxylic acids is 1. The van der Waals surface area contributed by atoms with Crippen LogP contribution in [-0.2, 0) is 11.3 Å². The Hall–Kier alpha value is -2.35. The quantitative estimate of drug-likeness (QED) is 0.626. The summed E-state index contributed by atoms with van der Waals surface area (Å²) < 4.78 is 13.2. The molecule has 1 aromatic carbocycles. The first-order valence-corrected chi connectivity index (χ1v) is 10.2. The number of ether oxygens (including phenoxy) is 2. The van der Waals surface area contributed by atoms with E-state index in [2.05, 4.69) is 10.4 Å². The van der Waals surface area contributed by atoms with Crippen molar-refractivity contribution >= 4 is 34.7 Å². The third-order valence-corrected chi connectivity index (χ3v) is 5.82. The number of methoxy groups -OCH3 is 1. The monoisotopic (exact) mass is 417 g/mol. The number of halogens is 1. The Morgan fingerprint density at radius 3 is 2.96 bits per heavy atom. The molecule has 8 heteroatoms. The summed E-state index contributed by atoms with van der Waals surface area (Å²) in [5.41, 5.74) is 1.21. The second kappa shape index (κ2) is 8.34. The molecular formula is C20H20ClN3O3S. The lowest BCUT2D eigenvalue weighted by Crippen LogP contribution is -2.18. The number of benzene rings is 1. The molecule has 0 bridgehead atoms. The highest BCUT2D eigenvalue weighted by molar-refractivity contribution is 7.16. The van der Waals surface area contributed by atoms with Crippen LogP contribution in [0.3, 0.4) is 0 Å². The van der Waals surface area contributed by atoms with Gasteiger partial charge < -0.3 is 14.8 Å². The maximum atomic E-state index is 13.2. The third kappa shape index (κ3) is 3.92. The van der Waals surface area contributed by atoms with Gasteiger partial charge in [-0.25, -0.2) is 0 Å². The minimum Gasteiger partial charge on any atom is -0.496 e. The number of aromatic nitrogens is 2. The van der Waals surface area contributed by atoms with E-state index in [-0.39, 0.29) is 12.0 Å². The van der Waals surface area contributed by atoms with Crippen LogP contribution in [0.1, 0.15) is 39.9 Å². The van der Waals surface area contributed by atoms with Crippen LogP contribution in [-0.4, -0.2) is 29.4 Å². The molecule has 1 unspecified atom stereocenters. The summed E-state index contributed by atoms with van der Waals surface area (Å²) in [4.78, 5) is 14.3. The summed E-state index contributed by atoms with van der Waals surface area (Å²) in [6, 6.07) is 12.8. The van der Waals surface area contributed by atoms with Gasteiger partial charge in [0.05, 0.1) is 29.2 Å². The highest BCUT2D eigenvalue weighted by atomic mass is 35.5. The smallest absolute Gasteiger partial charge is 0.283 e. The minimum atomic E-state index is -0.256. The van der Waals surface area contributed by atoms with E-state index >= 15 is 0 Å². The number of hydrogen-bond acceptors (Lipinski definition) is 6. The molecular weight excluding hydrogens is 398 g/mol. The van der Waals surface area contributed by atoms with Crippen molar-refractivity contribution in [1.82, 2.24) is 9.78 Å². The SMILES string of the molecule is COc1ccccc1C(=O)n1nc(C2CCCO2)cc1NCc1ccc(Cl)s1. The topological polar surface area (TPSA) is 65.4 Å². The zero-order chi connectivity index (χ0) is 19.5. The van der Waals surface area contributed by atoms with Gasteiger partial charge in [-0.1, -0.05) is 23.7 Å². The van der Waals surface area contributed by atoms with Crippen molar-refractivity contribution in [2.24, 2.45) is 0 Å². The van der Waals surface area contributed by atoms with Crippen molar-refractivity contribution in [2.45, 2.75) is 25.5 Å². The van der Waals surface area contributed by atoms with Gasteiger partial charge >= 0.3 is 0 Å². The van der Waals surface area contributed by atoms with E-state index in [1.54, 1.807) is 25.3 Å². The van der Waals surface area contributed by atoms with Crippen LogP contribution < -0.4 is 10.1 Å². The lowest BCUT2D eigenvalue weighted by molar-refractivity contribution is 0.0932. The van der Waals surface area contributed by atoms with Gasteiger partial charge in [0.25, 0.3) is 5.91 Å². The summed E-state index contributed by atoms with van der Waals surface area (Å²) in [6.45, 7) is 1.27. The van der Waals surface area contributed by atoms with E-state index in [0.717, 1.165) is 27.7 Å². The largest absolute Gasteiger partial charge is 0.496 e. The van der Waals surface area contributed by atoms with E-state index in [1.807, 2.05) is 24.3 Å². The van der Waals surface area contributed by atoms with Crippen molar-refractivity contribution in [3.63, 3.8) is 0 Å². The minimum absolute atomic E-state index is 0.0801. The summed E-state index contributed by atoms with van der Waals surface area (Å²) in [6.07, 6.45) is 1.82. The lowest BCUT2D eigenvalue weighted by atomic mass is 10.2. The first-order valence-electron chi connectivity index (χ1n) is 9.03. The second-order valence-electron chi connectivity index (χ2n) is 6.43. The number of nitrogens with zero attached hydrogens (tertiary/aromatic N) is 2. The van der Waals surface area contributed by atoms with Crippen molar-refractivity contribution < 1.29 is 14.3 Å². The highest BCUT2D eigenvalue weighted by Gasteiger charge is 2.25. The molecule has 4 rings (SSSR count). The number of thiophene rings is 1. The Balaban J connectivity index is 1.66.